The average molecular weight is 302 g/mol. The van der Waals surface area contributed by atoms with Crippen LogP contribution < -0.4 is 0 Å². The highest BCUT2D eigenvalue weighted by atomic mass is 35.5. The first kappa shape index (κ1) is 14.0. The summed E-state index contributed by atoms with van der Waals surface area (Å²) in [6.45, 7) is 0. The zero-order chi connectivity index (χ0) is 14.8. The summed E-state index contributed by atoms with van der Waals surface area (Å²) in [6, 6.07) is 8.40. The number of hydrogen-bond acceptors (Lipinski definition) is 3. The number of hydrogen-bond donors (Lipinski definition) is 0. The van der Waals surface area contributed by atoms with E-state index in [0.717, 1.165) is 19.3 Å². The molecule has 1 aliphatic carbocycles. The van der Waals surface area contributed by atoms with Crippen molar-refractivity contribution in [2.24, 2.45) is 0 Å². The van der Waals surface area contributed by atoms with Gasteiger partial charge in [-0.25, -0.2) is 4.98 Å². The molecule has 1 aromatic heterocycles. The molecule has 1 heterocycles. The van der Waals surface area contributed by atoms with Gasteiger partial charge in [-0.15, -0.1) is 0 Å². The van der Waals surface area contributed by atoms with Crippen LogP contribution in [-0.4, -0.2) is 27.8 Å². The van der Waals surface area contributed by atoms with Crippen molar-refractivity contribution in [3.8, 4) is 0 Å². The molecular weight excluding hydrogens is 286 g/mol. The normalized spacial score (nSPS) is 17.1. The lowest BCUT2D eigenvalue weighted by Crippen LogP contribution is -2.33. The molecule has 108 valence electrons. The van der Waals surface area contributed by atoms with Gasteiger partial charge in [-0.2, -0.15) is 0 Å². The summed E-state index contributed by atoms with van der Waals surface area (Å²) in [6.07, 6.45) is 6.01. The number of carbonyl (C=O) groups is 1. The Bertz CT molecular complexity index is 674. The Kier molecular flexibility index (Phi) is 3.88. The van der Waals surface area contributed by atoms with Crippen molar-refractivity contribution in [2.75, 3.05) is 7.05 Å². The van der Waals surface area contributed by atoms with Crippen LogP contribution in [0.4, 0.5) is 0 Å². The number of carbonyl (C=O) groups excluding carboxylic acids is 1. The predicted octanol–water partition coefficient (Wildman–Crippen LogP) is 3.28. The zero-order valence-electron chi connectivity index (χ0n) is 11.8. The molecule has 1 atom stereocenters. The van der Waals surface area contributed by atoms with Gasteiger partial charge in [-0.05, 0) is 30.4 Å². The van der Waals surface area contributed by atoms with E-state index in [1.54, 1.807) is 4.90 Å². The number of amides is 1. The van der Waals surface area contributed by atoms with Crippen LogP contribution in [0.25, 0.3) is 0 Å². The number of aryl methyl sites for hydroxylation is 1. The van der Waals surface area contributed by atoms with Crippen molar-refractivity contribution in [3.63, 3.8) is 0 Å². The number of benzene rings is 1. The first-order valence-corrected chi connectivity index (χ1v) is 7.37. The van der Waals surface area contributed by atoms with E-state index in [2.05, 4.69) is 22.1 Å². The van der Waals surface area contributed by atoms with Gasteiger partial charge in [0.15, 0.2) is 0 Å². The van der Waals surface area contributed by atoms with Crippen molar-refractivity contribution in [1.82, 2.24) is 14.9 Å². The van der Waals surface area contributed by atoms with Crippen molar-refractivity contribution < 1.29 is 4.79 Å². The van der Waals surface area contributed by atoms with E-state index in [1.807, 2.05) is 19.2 Å². The molecule has 0 N–H and O–H groups in total. The summed E-state index contributed by atoms with van der Waals surface area (Å²) in [4.78, 5) is 22.3. The van der Waals surface area contributed by atoms with Gasteiger partial charge in [0.25, 0.3) is 5.91 Å². The maximum Gasteiger partial charge on any atom is 0.274 e. The molecule has 0 aliphatic heterocycles. The fraction of sp³-hybridized carbons (Fsp3) is 0.312. The van der Waals surface area contributed by atoms with Gasteiger partial charge in [0, 0.05) is 7.05 Å². The van der Waals surface area contributed by atoms with Gasteiger partial charge in [-0.1, -0.05) is 35.9 Å². The Morgan fingerprint density at radius 1 is 1.33 bits per heavy atom. The molecule has 1 aliphatic rings. The van der Waals surface area contributed by atoms with Crippen molar-refractivity contribution in [2.45, 2.75) is 25.3 Å². The molecule has 0 spiro atoms. The predicted molar refractivity (Wildman–Crippen MR) is 81.3 cm³/mol. The van der Waals surface area contributed by atoms with Crippen LogP contribution in [0.2, 0.25) is 5.15 Å². The first-order valence-electron chi connectivity index (χ1n) is 6.99. The van der Waals surface area contributed by atoms with Gasteiger partial charge in [0.1, 0.15) is 10.8 Å². The van der Waals surface area contributed by atoms with Gasteiger partial charge in [0.05, 0.1) is 18.4 Å². The van der Waals surface area contributed by atoms with E-state index in [1.165, 1.54) is 23.5 Å². The van der Waals surface area contributed by atoms with Crippen LogP contribution in [0.5, 0.6) is 0 Å². The van der Waals surface area contributed by atoms with Gasteiger partial charge in [0.2, 0.25) is 0 Å². The monoisotopic (exact) mass is 301 g/mol. The summed E-state index contributed by atoms with van der Waals surface area (Å²) in [5, 5.41) is 0.235. The number of rotatable bonds is 2. The molecule has 21 heavy (non-hydrogen) atoms. The summed E-state index contributed by atoms with van der Waals surface area (Å²) in [5.74, 6) is -0.147. The fourth-order valence-electron chi connectivity index (χ4n) is 2.90. The van der Waals surface area contributed by atoms with E-state index in [-0.39, 0.29) is 22.8 Å². The van der Waals surface area contributed by atoms with Crippen LogP contribution in [0.1, 0.15) is 40.5 Å². The number of nitrogens with zero attached hydrogens (tertiary/aromatic N) is 3. The molecular formula is C16H16ClN3O. The van der Waals surface area contributed by atoms with Crippen molar-refractivity contribution in [1.29, 1.82) is 0 Å². The Morgan fingerprint density at radius 2 is 2.14 bits per heavy atom. The molecule has 1 amide bonds. The molecule has 1 aromatic carbocycles. The Morgan fingerprint density at radius 3 is 2.95 bits per heavy atom. The molecule has 5 heteroatoms. The highest BCUT2D eigenvalue weighted by Crippen LogP contribution is 2.33. The third kappa shape index (κ3) is 2.76. The Balaban J connectivity index is 1.89. The van der Waals surface area contributed by atoms with Crippen LogP contribution in [0, 0.1) is 0 Å². The molecule has 4 nitrogen and oxygen atoms in total. The number of halogens is 1. The van der Waals surface area contributed by atoms with E-state index in [0.29, 0.717) is 0 Å². The van der Waals surface area contributed by atoms with Crippen LogP contribution in [0.15, 0.2) is 36.7 Å². The van der Waals surface area contributed by atoms with Gasteiger partial charge < -0.3 is 4.90 Å². The Labute approximate surface area is 128 Å². The SMILES string of the molecule is CN(C(=O)c1cncc(Cl)n1)C1CCCc2ccccc21. The minimum atomic E-state index is -0.147. The van der Waals surface area contributed by atoms with Crippen molar-refractivity contribution in [3.05, 3.63) is 58.6 Å². The van der Waals surface area contributed by atoms with Crippen LogP contribution >= 0.6 is 11.6 Å². The molecule has 0 bridgehead atoms. The zero-order valence-corrected chi connectivity index (χ0v) is 12.5. The number of fused-ring (bicyclic) bond motifs is 1. The summed E-state index contributed by atoms with van der Waals surface area (Å²) < 4.78 is 0. The highest BCUT2D eigenvalue weighted by Gasteiger charge is 2.27. The van der Waals surface area contributed by atoms with E-state index < -0.39 is 0 Å². The van der Waals surface area contributed by atoms with E-state index in [9.17, 15) is 4.79 Å². The largest absolute Gasteiger partial charge is 0.333 e. The summed E-state index contributed by atoms with van der Waals surface area (Å²) >= 11 is 5.82. The molecule has 0 saturated heterocycles. The lowest BCUT2D eigenvalue weighted by molar-refractivity contribution is 0.0708. The van der Waals surface area contributed by atoms with Crippen LogP contribution in [-0.2, 0) is 6.42 Å². The lowest BCUT2D eigenvalue weighted by atomic mass is 9.87. The van der Waals surface area contributed by atoms with Crippen molar-refractivity contribution >= 4 is 17.5 Å². The van der Waals surface area contributed by atoms with Crippen LogP contribution in [0.3, 0.4) is 0 Å². The Hall–Kier alpha value is -1.94. The standard InChI is InChI=1S/C16H16ClN3O/c1-20(16(21)13-9-18-10-15(17)19-13)14-8-4-6-11-5-2-3-7-12(11)14/h2-3,5,7,9-10,14H,4,6,8H2,1H3. The highest BCUT2D eigenvalue weighted by molar-refractivity contribution is 6.29. The first-order chi connectivity index (χ1) is 10.2. The lowest BCUT2D eigenvalue weighted by Gasteiger charge is -2.33. The average Bonchev–Trinajstić information content (AvgIpc) is 2.53. The second kappa shape index (κ2) is 5.82. The molecule has 1 unspecified atom stereocenters. The minimum Gasteiger partial charge on any atom is -0.333 e. The topological polar surface area (TPSA) is 46.1 Å². The third-order valence-electron chi connectivity index (χ3n) is 3.95. The third-order valence-corrected chi connectivity index (χ3v) is 4.13. The van der Waals surface area contributed by atoms with Gasteiger partial charge in [-0.3, -0.25) is 9.78 Å². The fourth-order valence-corrected chi connectivity index (χ4v) is 3.05. The summed E-state index contributed by atoms with van der Waals surface area (Å²) in [5.41, 5.74) is 2.84. The maximum atomic E-state index is 12.6. The molecule has 2 aromatic rings. The van der Waals surface area contributed by atoms with Gasteiger partial charge >= 0.3 is 0 Å². The van der Waals surface area contributed by atoms with E-state index in [4.69, 9.17) is 11.6 Å². The summed E-state index contributed by atoms with van der Waals surface area (Å²) in [7, 11) is 1.82. The second-order valence-corrected chi connectivity index (χ2v) is 5.64. The second-order valence-electron chi connectivity index (χ2n) is 5.25. The van der Waals surface area contributed by atoms with E-state index >= 15 is 0 Å². The quantitative estimate of drug-likeness (QED) is 0.855. The molecule has 3 rings (SSSR count). The smallest absolute Gasteiger partial charge is 0.274 e. The maximum absolute atomic E-state index is 12.6. The minimum absolute atomic E-state index is 0.0863. The molecule has 0 saturated carbocycles. The molecule has 0 fully saturated rings. The number of aromatic nitrogens is 2. The molecule has 0 radical (unpaired) electrons.